The molecule has 0 radical (unpaired) electrons. The molecule has 1 unspecified atom stereocenters. The third-order valence-electron chi connectivity index (χ3n) is 3.99. The minimum Gasteiger partial charge on any atom is -0.0622 e. The van der Waals surface area contributed by atoms with Crippen LogP contribution in [0.4, 0.5) is 0 Å². The van der Waals surface area contributed by atoms with Gasteiger partial charge >= 0.3 is 0 Å². The predicted octanol–water partition coefficient (Wildman–Crippen LogP) is 4.27. The first-order valence-corrected chi connectivity index (χ1v) is 6.47. The molecule has 17 heavy (non-hydrogen) atoms. The fourth-order valence-electron chi connectivity index (χ4n) is 3.01. The summed E-state index contributed by atoms with van der Waals surface area (Å²) in [5.41, 5.74) is 6.12. The van der Waals surface area contributed by atoms with E-state index in [1.54, 1.807) is 11.1 Å². The molecule has 1 aliphatic rings. The molecule has 0 heterocycles. The summed E-state index contributed by atoms with van der Waals surface area (Å²) in [6, 6.07) is 17.7. The number of benzene rings is 2. The zero-order valence-corrected chi connectivity index (χ0v) is 10.3. The molecule has 0 fully saturated rings. The number of aryl methyl sites for hydroxylation is 1. The van der Waals surface area contributed by atoms with Crippen LogP contribution < -0.4 is 0 Å². The second kappa shape index (κ2) is 4.37. The van der Waals surface area contributed by atoms with Crippen molar-refractivity contribution >= 4 is 0 Å². The van der Waals surface area contributed by atoms with Gasteiger partial charge < -0.3 is 0 Å². The van der Waals surface area contributed by atoms with Crippen LogP contribution in [0.1, 0.15) is 34.6 Å². The lowest BCUT2D eigenvalue weighted by molar-refractivity contribution is 0.583. The third-order valence-corrected chi connectivity index (χ3v) is 3.99. The van der Waals surface area contributed by atoms with E-state index in [2.05, 4.69) is 55.5 Å². The molecule has 0 saturated carbocycles. The molecule has 1 atom stereocenters. The van der Waals surface area contributed by atoms with E-state index >= 15 is 0 Å². The first kappa shape index (κ1) is 10.6. The van der Waals surface area contributed by atoms with Crippen LogP contribution in [-0.4, -0.2) is 0 Å². The molecule has 0 aliphatic heterocycles. The molecule has 1 aliphatic carbocycles. The number of hydrogen-bond acceptors (Lipinski definition) is 0. The van der Waals surface area contributed by atoms with Gasteiger partial charge in [-0.1, -0.05) is 48.5 Å². The van der Waals surface area contributed by atoms with Gasteiger partial charge in [-0.15, -0.1) is 0 Å². The zero-order valence-electron chi connectivity index (χ0n) is 10.3. The van der Waals surface area contributed by atoms with Crippen LogP contribution >= 0.6 is 0 Å². The zero-order chi connectivity index (χ0) is 11.7. The molecule has 0 amide bonds. The van der Waals surface area contributed by atoms with Gasteiger partial charge in [-0.3, -0.25) is 0 Å². The van der Waals surface area contributed by atoms with E-state index < -0.39 is 0 Å². The average molecular weight is 222 g/mol. The van der Waals surface area contributed by atoms with E-state index in [1.165, 1.54) is 30.4 Å². The molecule has 2 aromatic carbocycles. The topological polar surface area (TPSA) is 0 Å². The maximum Gasteiger partial charge on any atom is -0.0118 e. The highest BCUT2D eigenvalue weighted by Gasteiger charge is 2.20. The Morgan fingerprint density at radius 2 is 1.76 bits per heavy atom. The van der Waals surface area contributed by atoms with Crippen molar-refractivity contribution in [3.8, 4) is 0 Å². The van der Waals surface area contributed by atoms with E-state index in [1.807, 2.05) is 0 Å². The van der Waals surface area contributed by atoms with Crippen molar-refractivity contribution in [2.75, 3.05) is 0 Å². The predicted molar refractivity (Wildman–Crippen MR) is 72.4 cm³/mol. The summed E-state index contributed by atoms with van der Waals surface area (Å²) >= 11 is 0. The molecule has 0 saturated heterocycles. The number of hydrogen-bond donors (Lipinski definition) is 0. The molecule has 0 N–H and O–H groups in total. The summed E-state index contributed by atoms with van der Waals surface area (Å²) in [6.07, 6.45) is 3.74. The Morgan fingerprint density at radius 1 is 0.941 bits per heavy atom. The normalized spacial score (nSPS) is 18.8. The van der Waals surface area contributed by atoms with Gasteiger partial charge in [-0.2, -0.15) is 0 Å². The largest absolute Gasteiger partial charge is 0.0622 e. The SMILES string of the molecule is Cc1cccc2c1CCC(c1ccccc1)C2. The second-order valence-electron chi connectivity index (χ2n) is 5.06. The summed E-state index contributed by atoms with van der Waals surface area (Å²) in [4.78, 5) is 0. The van der Waals surface area contributed by atoms with Gasteiger partial charge in [0.2, 0.25) is 0 Å². The first-order chi connectivity index (χ1) is 8.34. The summed E-state index contributed by atoms with van der Waals surface area (Å²) in [7, 11) is 0. The Balaban J connectivity index is 1.91. The fraction of sp³-hybridized carbons (Fsp3) is 0.294. The number of fused-ring (bicyclic) bond motifs is 1. The second-order valence-corrected chi connectivity index (χ2v) is 5.06. The molecule has 3 rings (SSSR count). The van der Waals surface area contributed by atoms with Gasteiger partial charge in [0.05, 0.1) is 0 Å². The number of rotatable bonds is 1. The minimum atomic E-state index is 0.713. The molecule has 86 valence electrons. The van der Waals surface area contributed by atoms with E-state index in [0.29, 0.717) is 5.92 Å². The van der Waals surface area contributed by atoms with Crippen molar-refractivity contribution < 1.29 is 0 Å². The van der Waals surface area contributed by atoms with Crippen molar-refractivity contribution in [1.29, 1.82) is 0 Å². The highest BCUT2D eigenvalue weighted by Crippen LogP contribution is 2.33. The standard InChI is InChI=1S/C17H18/c1-13-6-5-9-16-12-15(10-11-17(13)16)14-7-3-2-4-8-14/h2-9,15H,10-12H2,1H3. The quantitative estimate of drug-likeness (QED) is 0.676. The summed E-state index contributed by atoms with van der Waals surface area (Å²) in [5.74, 6) is 0.713. The Hall–Kier alpha value is -1.56. The molecule has 0 heteroatoms. The van der Waals surface area contributed by atoms with Crippen LogP contribution in [-0.2, 0) is 12.8 Å². The van der Waals surface area contributed by atoms with Crippen LogP contribution in [0.25, 0.3) is 0 Å². The Kier molecular flexibility index (Phi) is 2.72. The highest BCUT2D eigenvalue weighted by atomic mass is 14.2. The van der Waals surface area contributed by atoms with E-state index in [9.17, 15) is 0 Å². The molecule has 0 bridgehead atoms. The van der Waals surface area contributed by atoms with Gasteiger partial charge in [0, 0.05) is 0 Å². The Morgan fingerprint density at radius 3 is 2.59 bits per heavy atom. The van der Waals surface area contributed by atoms with E-state index in [4.69, 9.17) is 0 Å². The van der Waals surface area contributed by atoms with Crippen LogP contribution in [0.2, 0.25) is 0 Å². The van der Waals surface area contributed by atoms with Crippen molar-refractivity contribution in [2.24, 2.45) is 0 Å². The maximum atomic E-state index is 2.30. The van der Waals surface area contributed by atoms with Gasteiger partial charge in [-0.25, -0.2) is 0 Å². The molecule has 0 aromatic heterocycles. The molecule has 2 aromatic rings. The van der Waals surface area contributed by atoms with Crippen LogP contribution in [0.5, 0.6) is 0 Å². The van der Waals surface area contributed by atoms with Crippen molar-refractivity contribution in [1.82, 2.24) is 0 Å². The first-order valence-electron chi connectivity index (χ1n) is 6.47. The van der Waals surface area contributed by atoms with Gasteiger partial charge in [0.1, 0.15) is 0 Å². The lowest BCUT2D eigenvalue weighted by Crippen LogP contribution is -2.13. The fourth-order valence-corrected chi connectivity index (χ4v) is 3.01. The average Bonchev–Trinajstić information content (AvgIpc) is 2.40. The molecule has 0 nitrogen and oxygen atoms in total. The molecular weight excluding hydrogens is 204 g/mol. The molecule has 0 spiro atoms. The van der Waals surface area contributed by atoms with E-state index in [0.717, 1.165) is 0 Å². The highest BCUT2D eigenvalue weighted by molar-refractivity contribution is 5.38. The summed E-state index contributed by atoms with van der Waals surface area (Å²) in [5, 5.41) is 0. The van der Waals surface area contributed by atoms with E-state index in [-0.39, 0.29) is 0 Å². The Bertz CT molecular complexity index is 511. The lowest BCUT2D eigenvalue weighted by atomic mass is 9.79. The van der Waals surface area contributed by atoms with Gasteiger partial charge in [-0.05, 0) is 54.4 Å². The minimum absolute atomic E-state index is 0.713. The third kappa shape index (κ3) is 2.00. The Labute approximate surface area is 103 Å². The summed E-state index contributed by atoms with van der Waals surface area (Å²) < 4.78 is 0. The van der Waals surface area contributed by atoms with Crippen LogP contribution in [0.3, 0.4) is 0 Å². The molecular formula is C17H18. The lowest BCUT2D eigenvalue weighted by Gasteiger charge is -2.26. The van der Waals surface area contributed by atoms with Gasteiger partial charge in [0.25, 0.3) is 0 Å². The smallest absolute Gasteiger partial charge is 0.0118 e. The monoisotopic (exact) mass is 222 g/mol. The van der Waals surface area contributed by atoms with Gasteiger partial charge in [0.15, 0.2) is 0 Å². The van der Waals surface area contributed by atoms with Crippen LogP contribution in [0, 0.1) is 6.92 Å². The van der Waals surface area contributed by atoms with Crippen molar-refractivity contribution in [3.05, 3.63) is 70.8 Å². The van der Waals surface area contributed by atoms with Crippen molar-refractivity contribution in [2.45, 2.75) is 32.1 Å². The van der Waals surface area contributed by atoms with Crippen molar-refractivity contribution in [3.63, 3.8) is 0 Å². The maximum absolute atomic E-state index is 2.30. The summed E-state index contributed by atoms with van der Waals surface area (Å²) in [6.45, 7) is 2.24. The van der Waals surface area contributed by atoms with Crippen LogP contribution in [0.15, 0.2) is 48.5 Å².